The maximum absolute atomic E-state index is 13.2. The van der Waals surface area contributed by atoms with E-state index >= 15 is 0 Å². The molecule has 0 saturated heterocycles. The first kappa shape index (κ1) is 13.9. The number of halogens is 1. The molecule has 2 rings (SSSR count). The third-order valence-corrected chi connectivity index (χ3v) is 4.71. The minimum atomic E-state index is -3.97. The van der Waals surface area contributed by atoms with Crippen molar-refractivity contribution in [1.29, 1.82) is 0 Å². The minimum absolute atomic E-state index is 0.127. The summed E-state index contributed by atoms with van der Waals surface area (Å²) in [5.74, 6) is -0.687. The minimum Gasteiger partial charge on any atom is -0.392 e. The average Bonchev–Trinajstić information content (AvgIpc) is 2.74. The molecule has 0 atom stereocenters. The molecule has 8 heteroatoms. The summed E-state index contributed by atoms with van der Waals surface area (Å²) in [4.78, 5) is 4.43. The van der Waals surface area contributed by atoms with E-state index in [-0.39, 0.29) is 15.6 Å². The summed E-state index contributed by atoms with van der Waals surface area (Å²) in [5, 5.41) is 9.31. The van der Waals surface area contributed by atoms with Crippen LogP contribution < -0.4 is 4.72 Å². The summed E-state index contributed by atoms with van der Waals surface area (Å²) >= 11 is 1.17. The van der Waals surface area contributed by atoms with Gasteiger partial charge in [-0.2, -0.15) is 0 Å². The van der Waals surface area contributed by atoms with Gasteiger partial charge in [0, 0.05) is 11.1 Å². The Morgan fingerprint density at radius 2 is 2.21 bits per heavy atom. The highest BCUT2D eigenvalue weighted by Gasteiger charge is 2.20. The number of aliphatic hydroxyl groups is 1. The van der Waals surface area contributed by atoms with E-state index in [1.807, 2.05) is 0 Å². The molecular weight excluding hydrogens is 291 g/mol. The van der Waals surface area contributed by atoms with Gasteiger partial charge in [0.05, 0.1) is 11.5 Å². The van der Waals surface area contributed by atoms with Crippen molar-refractivity contribution >= 4 is 26.5 Å². The smallest absolute Gasteiger partial charge is 0.264 e. The zero-order chi connectivity index (χ0) is 14.0. The number of sulfonamides is 1. The van der Waals surface area contributed by atoms with Gasteiger partial charge in [0.1, 0.15) is 5.82 Å². The van der Waals surface area contributed by atoms with Gasteiger partial charge in [0.15, 0.2) is 5.13 Å². The van der Waals surface area contributed by atoms with Gasteiger partial charge in [-0.15, -0.1) is 11.3 Å². The summed E-state index contributed by atoms with van der Waals surface area (Å²) in [6.45, 7) is 1.30. The first-order valence-corrected chi connectivity index (χ1v) is 7.57. The van der Waals surface area contributed by atoms with Crippen molar-refractivity contribution in [3.63, 3.8) is 0 Å². The zero-order valence-electron chi connectivity index (χ0n) is 9.92. The SMILES string of the molecule is Cc1cnc(NS(=O)(=O)c2cc(F)ccc2CO)s1. The van der Waals surface area contributed by atoms with Crippen LogP contribution in [0.1, 0.15) is 10.4 Å². The highest BCUT2D eigenvalue weighted by Crippen LogP contribution is 2.23. The number of anilines is 1. The number of aliphatic hydroxyl groups excluding tert-OH is 1. The first-order valence-electron chi connectivity index (χ1n) is 5.27. The molecule has 1 aromatic heterocycles. The van der Waals surface area contributed by atoms with Crippen LogP contribution >= 0.6 is 11.3 Å². The van der Waals surface area contributed by atoms with E-state index in [1.165, 1.54) is 23.6 Å². The summed E-state index contributed by atoms with van der Waals surface area (Å²) in [7, 11) is -3.97. The molecular formula is C11H11FN2O3S2. The largest absolute Gasteiger partial charge is 0.392 e. The predicted molar refractivity (Wildman–Crippen MR) is 70.0 cm³/mol. The Morgan fingerprint density at radius 1 is 1.47 bits per heavy atom. The molecule has 1 aromatic carbocycles. The summed E-state index contributed by atoms with van der Waals surface area (Å²) < 4.78 is 39.7. The Labute approximate surface area is 113 Å². The van der Waals surface area contributed by atoms with Gasteiger partial charge in [0.25, 0.3) is 10.0 Å². The fourth-order valence-electron chi connectivity index (χ4n) is 1.48. The lowest BCUT2D eigenvalue weighted by Gasteiger charge is -2.09. The molecule has 0 saturated carbocycles. The van der Waals surface area contributed by atoms with Crippen molar-refractivity contribution in [3.05, 3.63) is 40.7 Å². The number of thiazole rings is 1. The molecule has 0 fully saturated rings. The standard InChI is InChI=1S/C11H11FN2O3S2/c1-7-5-13-11(18-7)14-19(16,17)10-4-9(12)3-2-8(10)6-15/h2-5,15H,6H2,1H3,(H,13,14). The topological polar surface area (TPSA) is 79.3 Å². The molecule has 0 spiro atoms. The predicted octanol–water partition coefficient (Wildman–Crippen LogP) is 1.88. The van der Waals surface area contributed by atoms with Crippen molar-refractivity contribution < 1.29 is 17.9 Å². The van der Waals surface area contributed by atoms with Crippen molar-refractivity contribution in [2.75, 3.05) is 4.72 Å². The third kappa shape index (κ3) is 3.09. The Morgan fingerprint density at radius 3 is 2.79 bits per heavy atom. The summed E-state index contributed by atoms with van der Waals surface area (Å²) in [6.07, 6.45) is 1.53. The second-order valence-electron chi connectivity index (χ2n) is 3.79. The number of nitrogens with zero attached hydrogens (tertiary/aromatic N) is 1. The number of hydrogen-bond donors (Lipinski definition) is 2. The first-order chi connectivity index (χ1) is 8.92. The summed E-state index contributed by atoms with van der Waals surface area (Å²) in [5.41, 5.74) is 0.127. The molecule has 0 amide bonds. The van der Waals surface area contributed by atoms with Crippen LogP contribution in [0.3, 0.4) is 0 Å². The highest BCUT2D eigenvalue weighted by atomic mass is 32.2. The molecule has 0 aliphatic heterocycles. The lowest BCUT2D eigenvalue weighted by atomic mass is 10.2. The van der Waals surface area contributed by atoms with E-state index in [1.54, 1.807) is 6.92 Å². The Bertz CT molecular complexity index is 698. The van der Waals surface area contributed by atoms with E-state index in [9.17, 15) is 12.8 Å². The number of rotatable bonds is 4. The quantitative estimate of drug-likeness (QED) is 0.904. The Hall–Kier alpha value is -1.51. The monoisotopic (exact) mass is 302 g/mol. The van der Waals surface area contributed by atoms with Crippen LogP contribution in [-0.2, 0) is 16.6 Å². The maximum atomic E-state index is 13.2. The van der Waals surface area contributed by atoms with Gasteiger partial charge in [-0.25, -0.2) is 17.8 Å². The maximum Gasteiger partial charge on any atom is 0.264 e. The van der Waals surface area contributed by atoms with Crippen molar-refractivity contribution in [1.82, 2.24) is 4.98 Å². The van der Waals surface area contributed by atoms with E-state index in [2.05, 4.69) is 9.71 Å². The molecule has 1 heterocycles. The molecule has 0 aliphatic rings. The van der Waals surface area contributed by atoms with E-state index in [0.717, 1.165) is 17.0 Å². The third-order valence-electron chi connectivity index (χ3n) is 2.33. The van der Waals surface area contributed by atoms with Gasteiger partial charge < -0.3 is 5.11 Å². The van der Waals surface area contributed by atoms with Gasteiger partial charge in [-0.05, 0) is 24.6 Å². The Balaban J connectivity index is 2.41. The number of hydrogen-bond acceptors (Lipinski definition) is 5. The molecule has 102 valence electrons. The second kappa shape index (κ2) is 5.24. The normalized spacial score (nSPS) is 11.5. The lowest BCUT2D eigenvalue weighted by molar-refractivity contribution is 0.278. The molecule has 19 heavy (non-hydrogen) atoms. The zero-order valence-corrected chi connectivity index (χ0v) is 11.6. The van der Waals surface area contributed by atoms with Gasteiger partial charge in [-0.1, -0.05) is 6.07 Å². The second-order valence-corrected chi connectivity index (χ2v) is 6.68. The van der Waals surface area contributed by atoms with Gasteiger partial charge >= 0.3 is 0 Å². The van der Waals surface area contributed by atoms with Crippen LogP contribution in [0.5, 0.6) is 0 Å². The van der Waals surface area contributed by atoms with Crippen molar-refractivity contribution in [2.24, 2.45) is 0 Å². The number of aryl methyl sites for hydroxylation is 1. The number of benzene rings is 1. The van der Waals surface area contributed by atoms with Crippen LogP contribution in [0, 0.1) is 12.7 Å². The van der Waals surface area contributed by atoms with Crippen LogP contribution in [0.4, 0.5) is 9.52 Å². The molecule has 2 N–H and O–H groups in total. The van der Waals surface area contributed by atoms with Crippen LogP contribution in [-0.4, -0.2) is 18.5 Å². The van der Waals surface area contributed by atoms with Gasteiger partial charge in [-0.3, -0.25) is 4.72 Å². The van der Waals surface area contributed by atoms with E-state index < -0.39 is 22.4 Å². The molecule has 0 aliphatic carbocycles. The lowest BCUT2D eigenvalue weighted by Crippen LogP contribution is -2.15. The highest BCUT2D eigenvalue weighted by molar-refractivity contribution is 7.93. The van der Waals surface area contributed by atoms with Crippen molar-refractivity contribution in [3.8, 4) is 0 Å². The summed E-state index contributed by atoms with van der Waals surface area (Å²) in [6, 6.07) is 3.20. The fourth-order valence-corrected chi connectivity index (χ4v) is 3.63. The van der Waals surface area contributed by atoms with Crippen LogP contribution in [0.2, 0.25) is 0 Å². The molecule has 0 unspecified atom stereocenters. The van der Waals surface area contributed by atoms with Crippen LogP contribution in [0.15, 0.2) is 29.3 Å². The fraction of sp³-hybridized carbons (Fsp3) is 0.182. The molecule has 0 bridgehead atoms. The number of aromatic nitrogens is 1. The molecule has 5 nitrogen and oxygen atoms in total. The van der Waals surface area contributed by atoms with Gasteiger partial charge in [0.2, 0.25) is 0 Å². The van der Waals surface area contributed by atoms with Crippen molar-refractivity contribution in [2.45, 2.75) is 18.4 Å². The molecule has 0 radical (unpaired) electrons. The van der Waals surface area contributed by atoms with Crippen LogP contribution in [0.25, 0.3) is 0 Å². The number of nitrogens with one attached hydrogen (secondary N) is 1. The van der Waals surface area contributed by atoms with E-state index in [4.69, 9.17) is 5.11 Å². The molecule has 2 aromatic rings. The average molecular weight is 302 g/mol. The van der Waals surface area contributed by atoms with E-state index in [0.29, 0.717) is 0 Å². The Kier molecular flexibility index (Phi) is 3.83.